The number of hydrogen-bond acceptors (Lipinski definition) is 4. The summed E-state index contributed by atoms with van der Waals surface area (Å²) >= 11 is 3.47. The van der Waals surface area contributed by atoms with Crippen molar-refractivity contribution in [3.8, 4) is 11.4 Å². The Labute approximate surface area is 102 Å². The van der Waals surface area contributed by atoms with E-state index in [1.165, 1.54) is 5.56 Å². The number of aryl methyl sites for hydroxylation is 1. The van der Waals surface area contributed by atoms with Crippen molar-refractivity contribution in [3.63, 3.8) is 0 Å². The third-order valence-corrected chi connectivity index (χ3v) is 3.11. The Morgan fingerprint density at radius 2 is 2.25 bits per heavy atom. The predicted octanol–water partition coefficient (Wildman–Crippen LogP) is 2.31. The van der Waals surface area contributed by atoms with Gasteiger partial charge in [-0.15, -0.1) is 0 Å². The molecule has 0 atom stereocenters. The molecular formula is C11H12BrN3O. The summed E-state index contributed by atoms with van der Waals surface area (Å²) in [4.78, 5) is 4.26. The van der Waals surface area contributed by atoms with Crippen molar-refractivity contribution in [1.29, 1.82) is 0 Å². The largest absolute Gasteiger partial charge is 0.339 e. The normalized spacial score (nSPS) is 10.7. The number of nitrogens with two attached hydrogens (primary N) is 1. The summed E-state index contributed by atoms with van der Waals surface area (Å²) < 4.78 is 6.11. The molecule has 16 heavy (non-hydrogen) atoms. The van der Waals surface area contributed by atoms with Gasteiger partial charge in [-0.25, -0.2) is 0 Å². The molecule has 2 N–H and O–H groups in total. The van der Waals surface area contributed by atoms with Gasteiger partial charge in [0, 0.05) is 23.0 Å². The van der Waals surface area contributed by atoms with Crippen LogP contribution in [0.1, 0.15) is 11.5 Å². The van der Waals surface area contributed by atoms with Gasteiger partial charge in [-0.3, -0.25) is 0 Å². The van der Waals surface area contributed by atoms with Crippen LogP contribution in [0.4, 0.5) is 0 Å². The van der Waals surface area contributed by atoms with Crippen LogP contribution >= 0.6 is 15.9 Å². The van der Waals surface area contributed by atoms with E-state index >= 15 is 0 Å². The van der Waals surface area contributed by atoms with Crippen LogP contribution in [0.5, 0.6) is 0 Å². The SMILES string of the molecule is Cc1ccc(-c2noc(CCN)n2)cc1Br. The Kier molecular flexibility index (Phi) is 3.36. The van der Waals surface area contributed by atoms with Gasteiger partial charge < -0.3 is 10.3 Å². The molecular weight excluding hydrogens is 270 g/mol. The molecule has 5 heteroatoms. The minimum atomic E-state index is 0.513. The van der Waals surface area contributed by atoms with E-state index in [0.717, 1.165) is 10.0 Å². The molecule has 0 spiro atoms. The van der Waals surface area contributed by atoms with Crippen LogP contribution in [0.2, 0.25) is 0 Å². The molecule has 0 saturated carbocycles. The van der Waals surface area contributed by atoms with Crippen LogP contribution in [-0.2, 0) is 6.42 Å². The van der Waals surface area contributed by atoms with Crippen LogP contribution in [0.25, 0.3) is 11.4 Å². The van der Waals surface area contributed by atoms with Crippen LogP contribution in [0.15, 0.2) is 27.2 Å². The maximum atomic E-state index is 5.42. The third-order valence-electron chi connectivity index (χ3n) is 2.26. The lowest BCUT2D eigenvalue weighted by molar-refractivity contribution is 0.380. The highest BCUT2D eigenvalue weighted by atomic mass is 79.9. The average molecular weight is 282 g/mol. The second-order valence-corrected chi connectivity index (χ2v) is 4.37. The lowest BCUT2D eigenvalue weighted by atomic mass is 10.1. The zero-order valence-electron chi connectivity index (χ0n) is 8.90. The van der Waals surface area contributed by atoms with Gasteiger partial charge >= 0.3 is 0 Å². The highest BCUT2D eigenvalue weighted by molar-refractivity contribution is 9.10. The molecule has 0 bridgehead atoms. The monoisotopic (exact) mass is 281 g/mol. The fourth-order valence-corrected chi connectivity index (χ4v) is 1.71. The van der Waals surface area contributed by atoms with Gasteiger partial charge in [0.25, 0.3) is 0 Å². The van der Waals surface area contributed by atoms with E-state index in [1.54, 1.807) is 0 Å². The maximum Gasteiger partial charge on any atom is 0.228 e. The minimum Gasteiger partial charge on any atom is -0.339 e. The number of nitrogens with zero attached hydrogens (tertiary/aromatic N) is 2. The van der Waals surface area contributed by atoms with Gasteiger partial charge in [0.15, 0.2) is 0 Å². The van der Waals surface area contributed by atoms with Crippen molar-refractivity contribution in [1.82, 2.24) is 10.1 Å². The van der Waals surface area contributed by atoms with Crippen molar-refractivity contribution in [2.24, 2.45) is 5.73 Å². The Morgan fingerprint density at radius 1 is 1.44 bits per heavy atom. The molecule has 0 aliphatic heterocycles. The lowest BCUT2D eigenvalue weighted by Gasteiger charge is -1.99. The molecule has 1 aromatic carbocycles. The van der Waals surface area contributed by atoms with Gasteiger partial charge in [-0.1, -0.05) is 33.2 Å². The first-order chi connectivity index (χ1) is 7.70. The van der Waals surface area contributed by atoms with Gasteiger partial charge in [0.1, 0.15) is 0 Å². The highest BCUT2D eigenvalue weighted by Crippen LogP contribution is 2.23. The second kappa shape index (κ2) is 4.76. The Bertz CT molecular complexity index is 496. The molecule has 1 aromatic heterocycles. The molecule has 1 heterocycles. The van der Waals surface area contributed by atoms with Crippen molar-refractivity contribution in [2.75, 3.05) is 6.54 Å². The minimum absolute atomic E-state index is 0.513. The van der Waals surface area contributed by atoms with Crippen molar-refractivity contribution in [2.45, 2.75) is 13.3 Å². The van der Waals surface area contributed by atoms with Gasteiger partial charge in [0.2, 0.25) is 11.7 Å². The molecule has 2 aromatic rings. The van der Waals surface area contributed by atoms with E-state index in [1.807, 2.05) is 25.1 Å². The topological polar surface area (TPSA) is 64.9 Å². The number of rotatable bonds is 3. The standard InChI is InChI=1S/C11H12BrN3O/c1-7-2-3-8(6-9(7)12)11-14-10(4-5-13)16-15-11/h2-3,6H,4-5,13H2,1H3. The molecule has 0 aliphatic carbocycles. The molecule has 0 amide bonds. The Morgan fingerprint density at radius 3 is 2.94 bits per heavy atom. The van der Waals surface area contributed by atoms with E-state index in [2.05, 4.69) is 26.1 Å². The number of hydrogen-bond donors (Lipinski definition) is 1. The second-order valence-electron chi connectivity index (χ2n) is 3.51. The molecule has 84 valence electrons. The van der Waals surface area contributed by atoms with Crippen LogP contribution in [-0.4, -0.2) is 16.7 Å². The quantitative estimate of drug-likeness (QED) is 0.938. The molecule has 2 rings (SSSR count). The number of halogens is 1. The first kappa shape index (κ1) is 11.3. The van der Waals surface area contributed by atoms with Gasteiger partial charge in [-0.2, -0.15) is 4.98 Å². The molecule has 0 saturated heterocycles. The Balaban J connectivity index is 2.31. The van der Waals surface area contributed by atoms with E-state index < -0.39 is 0 Å². The molecule has 0 radical (unpaired) electrons. The summed E-state index contributed by atoms with van der Waals surface area (Å²) in [6, 6.07) is 5.96. The Hall–Kier alpha value is -1.20. The zero-order chi connectivity index (χ0) is 11.5. The summed E-state index contributed by atoms with van der Waals surface area (Å²) in [5, 5.41) is 3.91. The molecule has 0 aliphatic rings. The van der Waals surface area contributed by atoms with E-state index in [9.17, 15) is 0 Å². The van der Waals surface area contributed by atoms with E-state index in [-0.39, 0.29) is 0 Å². The number of benzene rings is 1. The molecule has 0 unspecified atom stereocenters. The van der Waals surface area contributed by atoms with Crippen LogP contribution in [0, 0.1) is 6.92 Å². The van der Waals surface area contributed by atoms with E-state index in [4.69, 9.17) is 10.3 Å². The summed E-state index contributed by atoms with van der Waals surface area (Å²) in [6.45, 7) is 2.54. The van der Waals surface area contributed by atoms with Gasteiger partial charge in [0.05, 0.1) is 0 Å². The number of aromatic nitrogens is 2. The van der Waals surface area contributed by atoms with Crippen LogP contribution in [0.3, 0.4) is 0 Å². The van der Waals surface area contributed by atoms with Gasteiger partial charge in [-0.05, 0) is 18.6 Å². The van der Waals surface area contributed by atoms with Crippen LogP contribution < -0.4 is 5.73 Å². The van der Waals surface area contributed by atoms with Crippen molar-refractivity contribution >= 4 is 15.9 Å². The molecule has 4 nitrogen and oxygen atoms in total. The summed E-state index contributed by atoms with van der Waals surface area (Å²) in [5.41, 5.74) is 7.53. The molecule has 0 fully saturated rings. The smallest absolute Gasteiger partial charge is 0.228 e. The first-order valence-electron chi connectivity index (χ1n) is 5.00. The summed E-state index contributed by atoms with van der Waals surface area (Å²) in [6.07, 6.45) is 0.611. The van der Waals surface area contributed by atoms with Crippen molar-refractivity contribution < 1.29 is 4.52 Å². The third kappa shape index (κ3) is 2.31. The maximum absolute atomic E-state index is 5.42. The average Bonchev–Trinajstić information content (AvgIpc) is 2.71. The summed E-state index contributed by atoms with van der Waals surface area (Å²) in [7, 11) is 0. The lowest BCUT2D eigenvalue weighted by Crippen LogP contribution is -2.02. The van der Waals surface area contributed by atoms with E-state index in [0.29, 0.717) is 24.7 Å². The first-order valence-corrected chi connectivity index (χ1v) is 5.79. The predicted molar refractivity (Wildman–Crippen MR) is 64.9 cm³/mol. The summed E-state index contributed by atoms with van der Waals surface area (Å²) in [5.74, 6) is 1.18. The fourth-order valence-electron chi connectivity index (χ4n) is 1.33. The zero-order valence-corrected chi connectivity index (χ0v) is 10.5. The fraction of sp³-hybridized carbons (Fsp3) is 0.273. The highest BCUT2D eigenvalue weighted by Gasteiger charge is 2.08. The van der Waals surface area contributed by atoms with Crippen molar-refractivity contribution in [3.05, 3.63) is 34.1 Å².